The van der Waals surface area contributed by atoms with E-state index in [0.29, 0.717) is 17.9 Å². The Bertz CT molecular complexity index is 1220. The first-order valence-electron chi connectivity index (χ1n) is 11.8. The highest BCUT2D eigenvalue weighted by molar-refractivity contribution is 5.99. The molecule has 0 aliphatic carbocycles. The summed E-state index contributed by atoms with van der Waals surface area (Å²) in [5.41, 5.74) is 4.20. The van der Waals surface area contributed by atoms with Crippen LogP contribution in [0.15, 0.2) is 84.9 Å². The van der Waals surface area contributed by atoms with Crippen LogP contribution >= 0.6 is 0 Å². The molecule has 0 saturated heterocycles. The van der Waals surface area contributed by atoms with Crippen molar-refractivity contribution in [3.63, 3.8) is 0 Å². The molecule has 0 spiro atoms. The van der Waals surface area contributed by atoms with Crippen molar-refractivity contribution in [3.05, 3.63) is 96.2 Å². The number of aromatic nitrogens is 2. The number of nitrogens with one attached hydrogen (secondary N) is 1. The zero-order chi connectivity index (χ0) is 23.9. The number of hydrogen-bond acceptors (Lipinski definition) is 3. The van der Waals surface area contributed by atoms with Gasteiger partial charge in [-0.3, -0.25) is 4.79 Å². The second kappa shape index (κ2) is 10.8. The van der Waals surface area contributed by atoms with Gasteiger partial charge in [-0.2, -0.15) is 0 Å². The van der Waals surface area contributed by atoms with Crippen molar-refractivity contribution in [2.24, 2.45) is 0 Å². The van der Waals surface area contributed by atoms with Crippen molar-refractivity contribution in [1.82, 2.24) is 14.9 Å². The number of ether oxygens (including phenoxy) is 1. The molecule has 5 nitrogen and oxygen atoms in total. The first kappa shape index (κ1) is 23.3. The molecule has 3 aromatic carbocycles. The van der Waals surface area contributed by atoms with E-state index in [4.69, 9.17) is 9.72 Å². The predicted molar refractivity (Wildman–Crippen MR) is 137 cm³/mol. The van der Waals surface area contributed by atoms with Crippen LogP contribution in [0, 0.1) is 0 Å². The zero-order valence-corrected chi connectivity index (χ0v) is 20.0. The third-order valence-corrected chi connectivity index (χ3v) is 5.98. The Kier molecular flexibility index (Phi) is 7.43. The zero-order valence-electron chi connectivity index (χ0n) is 20.0. The van der Waals surface area contributed by atoms with Gasteiger partial charge in [-0.15, -0.1) is 0 Å². The van der Waals surface area contributed by atoms with Crippen LogP contribution in [0.5, 0.6) is 5.75 Å². The quantitative estimate of drug-likeness (QED) is 0.314. The summed E-state index contributed by atoms with van der Waals surface area (Å²) in [4.78, 5) is 18.8. The van der Waals surface area contributed by atoms with Gasteiger partial charge in [0.1, 0.15) is 23.0 Å². The summed E-state index contributed by atoms with van der Waals surface area (Å²) >= 11 is 0. The summed E-state index contributed by atoms with van der Waals surface area (Å²) < 4.78 is 7.34. The minimum Gasteiger partial charge on any atom is -0.497 e. The summed E-state index contributed by atoms with van der Waals surface area (Å²) in [6.07, 6.45) is 1.83. The van der Waals surface area contributed by atoms with E-state index in [1.165, 1.54) is 0 Å². The van der Waals surface area contributed by atoms with Crippen molar-refractivity contribution < 1.29 is 9.53 Å². The smallest absolute Gasteiger partial charge is 0.270 e. The Morgan fingerprint density at radius 2 is 1.56 bits per heavy atom. The maximum absolute atomic E-state index is 13.8. The van der Waals surface area contributed by atoms with Crippen molar-refractivity contribution >= 4 is 5.91 Å². The number of carbonyl (C=O) groups is 1. The fourth-order valence-electron chi connectivity index (χ4n) is 4.27. The highest BCUT2D eigenvalue weighted by atomic mass is 16.5. The molecule has 4 aromatic rings. The fourth-order valence-corrected chi connectivity index (χ4v) is 4.27. The third kappa shape index (κ3) is 4.88. The molecule has 1 aromatic heterocycles. The summed E-state index contributed by atoms with van der Waals surface area (Å²) in [7, 11) is 1.64. The average Bonchev–Trinajstić information content (AvgIpc) is 3.29. The Labute approximate surface area is 201 Å². The van der Waals surface area contributed by atoms with E-state index in [2.05, 4.69) is 24.4 Å². The summed E-state index contributed by atoms with van der Waals surface area (Å²) in [5, 5.41) is 3.30. The monoisotopic (exact) mass is 453 g/mol. The molecule has 34 heavy (non-hydrogen) atoms. The Morgan fingerprint density at radius 1 is 0.912 bits per heavy atom. The molecule has 0 fully saturated rings. The molecule has 1 unspecified atom stereocenters. The fraction of sp³-hybridized carbons (Fsp3) is 0.241. The van der Waals surface area contributed by atoms with Crippen LogP contribution in [0.4, 0.5) is 0 Å². The Hall–Kier alpha value is -3.86. The average molecular weight is 454 g/mol. The molecular formula is C29H31N3O2. The van der Waals surface area contributed by atoms with E-state index in [0.717, 1.165) is 41.1 Å². The van der Waals surface area contributed by atoms with Gasteiger partial charge >= 0.3 is 0 Å². The number of methoxy groups -OCH3 is 1. The molecular weight excluding hydrogens is 422 g/mol. The molecule has 0 bridgehead atoms. The van der Waals surface area contributed by atoms with Gasteiger partial charge < -0.3 is 14.6 Å². The number of rotatable bonds is 9. The van der Waals surface area contributed by atoms with Gasteiger partial charge in [0.2, 0.25) is 0 Å². The van der Waals surface area contributed by atoms with E-state index in [-0.39, 0.29) is 11.9 Å². The summed E-state index contributed by atoms with van der Waals surface area (Å²) in [6.45, 7) is 4.80. The molecule has 1 N–H and O–H groups in total. The number of amides is 1. The van der Waals surface area contributed by atoms with Gasteiger partial charge in [-0.25, -0.2) is 4.98 Å². The van der Waals surface area contributed by atoms with E-state index < -0.39 is 0 Å². The first-order valence-corrected chi connectivity index (χ1v) is 11.8. The number of carbonyl (C=O) groups excluding carboxylic acids is 1. The second-order valence-corrected chi connectivity index (χ2v) is 8.20. The van der Waals surface area contributed by atoms with E-state index in [1.54, 1.807) is 7.11 Å². The van der Waals surface area contributed by atoms with Crippen LogP contribution in [0.3, 0.4) is 0 Å². The maximum Gasteiger partial charge on any atom is 0.270 e. The number of hydrogen-bond donors (Lipinski definition) is 1. The predicted octanol–water partition coefficient (Wildman–Crippen LogP) is 6.52. The van der Waals surface area contributed by atoms with E-state index >= 15 is 0 Å². The van der Waals surface area contributed by atoms with Crippen LogP contribution in [-0.2, 0) is 6.54 Å². The van der Waals surface area contributed by atoms with Gasteiger partial charge in [-0.05, 0) is 43.2 Å². The number of benzene rings is 3. The van der Waals surface area contributed by atoms with Crippen LogP contribution in [0.1, 0.15) is 48.8 Å². The summed E-state index contributed by atoms with van der Waals surface area (Å²) in [6, 6.07) is 27.8. The van der Waals surface area contributed by atoms with Gasteiger partial charge in [0.15, 0.2) is 0 Å². The number of nitrogens with zero attached hydrogens (tertiary/aromatic N) is 2. The minimum atomic E-state index is -0.121. The molecule has 1 amide bonds. The lowest BCUT2D eigenvalue weighted by Crippen LogP contribution is -2.30. The largest absolute Gasteiger partial charge is 0.497 e. The van der Waals surface area contributed by atoms with Crippen molar-refractivity contribution in [2.45, 2.75) is 39.3 Å². The standard InChI is InChI=1S/C29H31N3O2/c1-4-12-25(21-13-8-6-9-14-21)30-29(33)27-26(22-17-19-24(34-3)20-18-22)31-28(32(27)5-2)23-15-10-7-11-16-23/h6-11,13-20,25H,4-5,12H2,1-3H3,(H,30,33). The van der Waals surface area contributed by atoms with Crippen molar-refractivity contribution in [2.75, 3.05) is 7.11 Å². The van der Waals surface area contributed by atoms with E-state index in [9.17, 15) is 4.79 Å². The van der Waals surface area contributed by atoms with Gasteiger partial charge in [0.05, 0.1) is 13.2 Å². The van der Waals surface area contributed by atoms with Gasteiger partial charge in [0, 0.05) is 17.7 Å². The molecule has 0 aliphatic rings. The van der Waals surface area contributed by atoms with Crippen molar-refractivity contribution in [1.29, 1.82) is 0 Å². The van der Waals surface area contributed by atoms with E-state index in [1.807, 2.05) is 84.3 Å². The van der Waals surface area contributed by atoms with Crippen LogP contribution < -0.4 is 10.1 Å². The highest BCUT2D eigenvalue weighted by Gasteiger charge is 2.26. The molecule has 0 aliphatic heterocycles. The van der Waals surface area contributed by atoms with Crippen molar-refractivity contribution in [3.8, 4) is 28.4 Å². The molecule has 1 atom stereocenters. The molecule has 0 saturated carbocycles. The lowest BCUT2D eigenvalue weighted by atomic mass is 10.0. The molecule has 0 radical (unpaired) electrons. The first-order chi connectivity index (χ1) is 16.7. The normalized spacial score (nSPS) is 11.7. The summed E-state index contributed by atoms with van der Waals surface area (Å²) in [5.74, 6) is 1.43. The lowest BCUT2D eigenvalue weighted by molar-refractivity contribution is 0.0926. The third-order valence-electron chi connectivity index (χ3n) is 5.98. The highest BCUT2D eigenvalue weighted by Crippen LogP contribution is 2.31. The van der Waals surface area contributed by atoms with Gasteiger partial charge in [0.25, 0.3) is 5.91 Å². The van der Waals surface area contributed by atoms with Crippen LogP contribution in [-0.4, -0.2) is 22.6 Å². The molecule has 174 valence electrons. The molecule has 4 rings (SSSR count). The van der Waals surface area contributed by atoms with Gasteiger partial charge in [-0.1, -0.05) is 74.0 Å². The second-order valence-electron chi connectivity index (χ2n) is 8.20. The SMILES string of the molecule is CCCC(NC(=O)c1c(-c2ccc(OC)cc2)nc(-c2ccccc2)n1CC)c1ccccc1. The lowest BCUT2D eigenvalue weighted by Gasteiger charge is -2.20. The Balaban J connectivity index is 1.81. The number of imidazole rings is 1. The maximum atomic E-state index is 13.8. The van der Waals surface area contributed by atoms with Crippen LogP contribution in [0.2, 0.25) is 0 Å². The van der Waals surface area contributed by atoms with Crippen LogP contribution in [0.25, 0.3) is 22.6 Å². The topological polar surface area (TPSA) is 56.1 Å². The molecule has 5 heteroatoms. The molecule has 1 heterocycles. The Morgan fingerprint density at radius 3 is 2.15 bits per heavy atom. The minimum absolute atomic E-state index is 0.0669.